The van der Waals surface area contributed by atoms with Crippen molar-refractivity contribution < 1.29 is 51.0 Å². The largest absolute Gasteiger partial charge is 0.731 e. The van der Waals surface area contributed by atoms with Gasteiger partial charge in [0.25, 0.3) is 11.8 Å². The van der Waals surface area contributed by atoms with E-state index in [0.29, 0.717) is 11.3 Å². The van der Waals surface area contributed by atoms with Gasteiger partial charge in [-0.1, -0.05) is 10.4 Å². The van der Waals surface area contributed by atoms with Gasteiger partial charge in [0.05, 0.1) is 18.8 Å². The first-order valence-electron chi connectivity index (χ1n) is 15.3. The van der Waals surface area contributed by atoms with E-state index in [2.05, 4.69) is 31.1 Å². The molecule has 0 saturated carbocycles. The van der Waals surface area contributed by atoms with Crippen molar-refractivity contribution in [1.82, 2.24) is 29.6 Å². The van der Waals surface area contributed by atoms with Crippen molar-refractivity contribution >= 4 is 56.4 Å². The van der Waals surface area contributed by atoms with E-state index in [1.54, 1.807) is 66.1 Å². The molecule has 2 N–H and O–H groups in total. The van der Waals surface area contributed by atoms with Crippen LogP contribution in [0.5, 0.6) is 0 Å². The van der Waals surface area contributed by atoms with Gasteiger partial charge in [0.15, 0.2) is 33.5 Å². The number of rotatable bonds is 11. The number of hydrogen-bond acceptors (Lipinski definition) is 15. The number of aromatic nitrogens is 5. The lowest BCUT2D eigenvalue weighted by molar-refractivity contribution is -0.671. The molecule has 1 saturated heterocycles. The molecule has 1 aliphatic rings. The van der Waals surface area contributed by atoms with E-state index >= 15 is 0 Å². The number of thiazole rings is 1. The molecule has 51 heavy (non-hydrogen) atoms. The lowest BCUT2D eigenvalue weighted by Gasteiger charge is -2.47. The lowest BCUT2D eigenvalue weighted by atomic mass is 9.98. The monoisotopic (exact) mass is 749 g/mol. The van der Waals surface area contributed by atoms with E-state index in [4.69, 9.17) is 14.3 Å². The first kappa shape index (κ1) is 38.8. The number of nitrogens with zero attached hydrogens (tertiary/aromatic N) is 7. The number of amides is 3. The number of oxime groups is 1. The maximum atomic E-state index is 13.8. The third-order valence-electron chi connectivity index (χ3n) is 6.71. The molecule has 0 aromatic carbocycles. The molecule has 1 aliphatic heterocycles. The number of pyridine rings is 1. The van der Waals surface area contributed by atoms with E-state index in [9.17, 15) is 32.1 Å². The first-order valence-corrected chi connectivity index (χ1v) is 17.6. The van der Waals surface area contributed by atoms with Crippen LogP contribution in [0, 0.1) is 0 Å². The molecule has 0 spiro atoms. The van der Waals surface area contributed by atoms with Crippen LogP contribution < -0.4 is 15.2 Å². The van der Waals surface area contributed by atoms with Crippen LogP contribution >= 0.6 is 11.3 Å². The van der Waals surface area contributed by atoms with Crippen LogP contribution in [0.1, 0.15) is 61.1 Å². The molecule has 0 radical (unpaired) electrons. The first-order chi connectivity index (χ1) is 23.4. The minimum atomic E-state index is -5.30. The summed E-state index contributed by atoms with van der Waals surface area (Å²) in [5.41, 5.74) is -3.01. The van der Waals surface area contributed by atoms with Crippen LogP contribution in [-0.2, 0) is 52.6 Å². The topological polar surface area (TPSA) is 240 Å². The molecule has 2 atom stereocenters. The van der Waals surface area contributed by atoms with Crippen LogP contribution in [0.15, 0.2) is 41.3 Å². The van der Waals surface area contributed by atoms with Crippen LogP contribution in [0.3, 0.4) is 0 Å². The Hall–Kier alpha value is -5.02. The number of aryl methyl sites for hydroxylation is 1. The second-order valence-corrected chi connectivity index (χ2v) is 16.0. The Morgan fingerprint density at radius 3 is 2.27 bits per heavy atom. The van der Waals surface area contributed by atoms with E-state index in [1.807, 2.05) is 11.6 Å². The van der Waals surface area contributed by atoms with Gasteiger partial charge < -0.3 is 24.2 Å². The predicted octanol–water partition coefficient (Wildman–Crippen LogP) is 1.27. The van der Waals surface area contributed by atoms with Crippen molar-refractivity contribution in [3.05, 3.63) is 41.8 Å². The van der Waals surface area contributed by atoms with E-state index in [0.717, 1.165) is 11.3 Å². The summed E-state index contributed by atoms with van der Waals surface area (Å²) in [6, 6.07) is 0.594. The minimum absolute atomic E-state index is 0.00142. The zero-order valence-electron chi connectivity index (χ0n) is 29.4. The zero-order chi connectivity index (χ0) is 38.1. The summed E-state index contributed by atoms with van der Waals surface area (Å²) in [4.78, 5) is 61.6. The average molecular weight is 750 g/mol. The maximum Gasteiger partial charge on any atom is 0.413 e. The molecule has 3 aromatic heterocycles. The number of hydrogen-bond donors (Lipinski definition) is 2. The quantitative estimate of drug-likeness (QED) is 0.0702. The summed E-state index contributed by atoms with van der Waals surface area (Å²) >= 11 is 0.897. The van der Waals surface area contributed by atoms with Crippen LogP contribution in [0.4, 0.5) is 9.93 Å². The van der Waals surface area contributed by atoms with Crippen LogP contribution in [0.2, 0.25) is 0 Å². The Morgan fingerprint density at radius 2 is 1.69 bits per heavy atom. The Balaban J connectivity index is 1.62. The lowest BCUT2D eigenvalue weighted by Crippen LogP contribution is -2.73. The average Bonchev–Trinajstić information content (AvgIpc) is 3.63. The van der Waals surface area contributed by atoms with Crippen molar-refractivity contribution in [3.8, 4) is 11.3 Å². The van der Waals surface area contributed by atoms with Gasteiger partial charge in [-0.2, -0.15) is 0 Å². The third-order valence-corrected chi connectivity index (χ3v) is 8.40. The summed E-state index contributed by atoms with van der Waals surface area (Å²) in [6.07, 6.45) is 4.23. The van der Waals surface area contributed by atoms with Crippen molar-refractivity contribution in [2.45, 2.75) is 90.8 Å². The molecule has 4 rings (SSSR count). The van der Waals surface area contributed by atoms with Gasteiger partial charge in [-0.15, -0.1) is 16.4 Å². The van der Waals surface area contributed by atoms with Gasteiger partial charge in [-0.25, -0.2) is 36.5 Å². The summed E-state index contributed by atoms with van der Waals surface area (Å²) in [6.45, 7) is 12.3. The fraction of sp³-hybridized carbons (Fsp3) is 0.500. The number of carbonyl (C=O) groups excluding carboxylic acids is 4. The van der Waals surface area contributed by atoms with Crippen molar-refractivity contribution in [2.75, 3.05) is 5.32 Å². The molecule has 4 heterocycles. The Bertz CT molecular complexity index is 1940. The van der Waals surface area contributed by atoms with Crippen LogP contribution in [0.25, 0.3) is 11.3 Å². The van der Waals surface area contributed by atoms with E-state index in [-0.39, 0.29) is 21.7 Å². The summed E-state index contributed by atoms with van der Waals surface area (Å²) in [5, 5.41) is 18.1. The molecular formula is C30H39N9O10S2. The third kappa shape index (κ3) is 10.0. The zero-order valence-corrected chi connectivity index (χ0v) is 31.0. The molecule has 276 valence electrons. The van der Waals surface area contributed by atoms with E-state index in [1.165, 1.54) is 30.1 Å². The predicted molar refractivity (Wildman–Crippen MR) is 178 cm³/mol. The highest BCUT2D eigenvalue weighted by molar-refractivity contribution is 7.84. The van der Waals surface area contributed by atoms with Gasteiger partial charge in [0, 0.05) is 23.1 Å². The summed E-state index contributed by atoms with van der Waals surface area (Å²) in [5.74, 6) is -3.11. The Morgan fingerprint density at radius 1 is 1.06 bits per heavy atom. The highest BCUT2D eigenvalue weighted by Gasteiger charge is 2.52. The van der Waals surface area contributed by atoms with Crippen molar-refractivity contribution in [2.24, 2.45) is 12.2 Å². The normalized spacial score (nSPS) is 17.0. The number of β-lactam (4-membered cyclic amide) rings is 1. The van der Waals surface area contributed by atoms with Gasteiger partial charge in [0.2, 0.25) is 5.60 Å². The Labute approximate surface area is 297 Å². The highest BCUT2D eigenvalue weighted by atomic mass is 32.2. The molecule has 1 fully saturated rings. The van der Waals surface area contributed by atoms with Gasteiger partial charge in [0.1, 0.15) is 35.7 Å². The van der Waals surface area contributed by atoms with Crippen molar-refractivity contribution in [3.63, 3.8) is 0 Å². The number of anilines is 1. The maximum absolute atomic E-state index is 13.8. The molecule has 0 unspecified atom stereocenters. The fourth-order valence-electron chi connectivity index (χ4n) is 4.36. The molecule has 0 aliphatic carbocycles. The molecule has 3 aromatic rings. The number of ether oxygens (including phenoxy) is 2. The van der Waals surface area contributed by atoms with E-state index < -0.39 is 68.8 Å². The summed E-state index contributed by atoms with van der Waals surface area (Å²) < 4.78 is 50.0. The number of esters is 1. The van der Waals surface area contributed by atoms with Crippen molar-refractivity contribution in [1.29, 1.82) is 0 Å². The Kier molecular flexibility index (Phi) is 10.9. The second-order valence-electron chi connectivity index (χ2n) is 13.9. The minimum Gasteiger partial charge on any atom is -0.731 e. The molecule has 21 heteroatoms. The van der Waals surface area contributed by atoms with Gasteiger partial charge in [-0.05, 0) is 55.4 Å². The van der Waals surface area contributed by atoms with Crippen LogP contribution in [-0.4, -0.2) is 95.7 Å². The molecule has 19 nitrogen and oxygen atoms in total. The number of nitrogens with one attached hydrogen (secondary N) is 2. The SMILES string of the molecule is C[n+]1ccc(-c2cn(C[C@@H]3[C@H](NC(=O)/C(=N/OC(C)(C)C(=O)OC(C)(C)C)c4csc(NC(=O)OC(C)(C)C)n4)C(=O)N3S(=O)(=O)[O-])nn2)cc1. The standard InChI is InChI=1S/C30H39N9O10S2/c1-28(2,3)47-25(42)30(7,8)49-35-21(19-16-50-26(31-19)33-27(43)48-29(4,5)6)23(40)32-22-20(39(24(22)41)51(44,45)46)15-38-14-18(34-36-38)17-10-12-37(9)13-11-17/h10-14,16,20,22H,15H2,1-9H3,(H2-,31,32,33,40,43,44,45,46)/b35-21+/t20-,22+/m1/s1. The molecule has 0 bridgehead atoms. The second kappa shape index (κ2) is 14.3. The smallest absolute Gasteiger partial charge is 0.413 e. The summed E-state index contributed by atoms with van der Waals surface area (Å²) in [7, 11) is -3.47. The fourth-order valence-corrected chi connectivity index (χ4v) is 5.89. The molecule has 3 amide bonds. The number of carbonyl (C=O) groups is 4. The molecular weight excluding hydrogens is 711 g/mol. The van der Waals surface area contributed by atoms with Gasteiger partial charge in [-0.3, -0.25) is 14.9 Å². The van der Waals surface area contributed by atoms with Gasteiger partial charge >= 0.3 is 12.1 Å². The highest BCUT2D eigenvalue weighted by Crippen LogP contribution is 2.27.